The van der Waals surface area contributed by atoms with E-state index in [9.17, 15) is 0 Å². The van der Waals surface area contributed by atoms with Crippen molar-refractivity contribution in [3.63, 3.8) is 0 Å². The van der Waals surface area contributed by atoms with Gasteiger partial charge in [-0.3, -0.25) is 0 Å². The maximum Gasteiger partial charge on any atom is -0.00546 e. The van der Waals surface area contributed by atoms with E-state index >= 15 is 0 Å². The molecule has 0 amide bonds. The summed E-state index contributed by atoms with van der Waals surface area (Å²) in [7, 11) is 0.384. The number of thiol groups is 1. The van der Waals surface area contributed by atoms with E-state index in [4.69, 9.17) is 0 Å². The molecule has 21 heavy (non-hydrogen) atoms. The van der Waals surface area contributed by atoms with Crippen LogP contribution in [0.25, 0.3) is 0 Å². The predicted molar refractivity (Wildman–Crippen MR) is 91.3 cm³/mol. The van der Waals surface area contributed by atoms with Gasteiger partial charge in [0.25, 0.3) is 0 Å². The van der Waals surface area contributed by atoms with Crippen LogP contribution in [0.4, 0.5) is 0 Å². The van der Waals surface area contributed by atoms with E-state index in [1.165, 1.54) is 59.2 Å². The Bertz CT molecular complexity index is 582. The van der Waals surface area contributed by atoms with E-state index in [1.54, 1.807) is 19.3 Å². The van der Waals surface area contributed by atoms with Gasteiger partial charge in [-0.05, 0) is 87.8 Å². The van der Waals surface area contributed by atoms with Crippen molar-refractivity contribution < 1.29 is 0 Å². The average Bonchev–Trinajstić information content (AvgIpc) is 2.41. The molecule has 6 aliphatic carbocycles. The molecular weight excluding hydrogens is 291 g/mol. The molecule has 1 saturated heterocycles. The lowest BCUT2D eigenvalue weighted by Crippen LogP contribution is -3.12. The van der Waals surface area contributed by atoms with Crippen LogP contribution in [-0.2, 0) is 0 Å². The second-order valence-electron chi connectivity index (χ2n) is 9.73. The van der Waals surface area contributed by atoms with Gasteiger partial charge in [-0.2, -0.15) is 12.6 Å². The highest BCUT2D eigenvalue weighted by molar-refractivity contribution is 7.81. The van der Waals surface area contributed by atoms with E-state index in [2.05, 4.69) is 26.5 Å². The van der Waals surface area contributed by atoms with Crippen molar-refractivity contribution in [2.24, 2.45) is 51.8 Å². The second-order valence-corrected chi connectivity index (χ2v) is 12.8. The van der Waals surface area contributed by atoms with Gasteiger partial charge >= 0.3 is 0 Å². The van der Waals surface area contributed by atoms with Crippen LogP contribution < -0.4 is 0 Å². The molecule has 1 aliphatic heterocycles. The highest BCUT2D eigenvalue weighted by Crippen LogP contribution is 3.15. The number of hydrogen-bond donors (Lipinski definition) is 1. The molecule has 0 aromatic heterocycles. The molecule has 0 radical (unpaired) electrons. The van der Waals surface area contributed by atoms with Gasteiger partial charge in [-0.15, -0.1) is 0 Å². The zero-order valence-corrected chi connectivity index (χ0v) is 15.0. The Labute approximate surface area is 135 Å². The van der Waals surface area contributed by atoms with E-state index in [-0.39, 0.29) is 0 Å². The Morgan fingerprint density at radius 3 is 2.57 bits per heavy atom. The molecule has 1 heterocycles. The van der Waals surface area contributed by atoms with Gasteiger partial charge in [0.2, 0.25) is 0 Å². The number of fused-ring (bicyclic) bond motifs is 4. The molecule has 7 rings (SSSR count). The van der Waals surface area contributed by atoms with E-state index in [0.29, 0.717) is 7.92 Å². The van der Waals surface area contributed by atoms with Crippen molar-refractivity contribution in [2.75, 3.05) is 11.9 Å². The predicted octanol–water partition coefficient (Wildman–Crippen LogP) is 4.49. The van der Waals surface area contributed by atoms with Crippen LogP contribution in [0.1, 0.15) is 39.5 Å². The lowest BCUT2D eigenvalue weighted by atomic mass is 8.97. The summed E-state index contributed by atoms with van der Waals surface area (Å²) in [6.45, 7) is 5.27. The summed E-state index contributed by atoms with van der Waals surface area (Å²) < 4.78 is 0. The van der Waals surface area contributed by atoms with Crippen LogP contribution >= 0.6 is 20.6 Å². The molecule has 2 spiro atoms. The van der Waals surface area contributed by atoms with E-state index in [1.807, 2.05) is 0 Å². The Balaban J connectivity index is 1.38. The minimum absolute atomic E-state index is 0.384. The van der Waals surface area contributed by atoms with Crippen molar-refractivity contribution in [3.05, 3.63) is 0 Å². The third-order valence-electron chi connectivity index (χ3n) is 10.8. The number of hydrogen-bond acceptors (Lipinski definition) is 1. The highest BCUT2D eigenvalue weighted by atomic mass is 32.1. The highest BCUT2D eigenvalue weighted by Gasteiger charge is 3.11. The SMILES string of the molecule is CCC1C2C3C4CCCC5C6C7P(CCS)C1C27C36C45C. The summed E-state index contributed by atoms with van der Waals surface area (Å²) >= 11 is 4.62. The van der Waals surface area contributed by atoms with Gasteiger partial charge in [0.1, 0.15) is 0 Å². The molecule has 7 fully saturated rings. The lowest BCUT2D eigenvalue weighted by molar-refractivity contribution is -0.600. The summed E-state index contributed by atoms with van der Waals surface area (Å²) in [5.41, 5.74) is 5.26. The third-order valence-corrected chi connectivity index (χ3v) is 15.1. The van der Waals surface area contributed by atoms with Gasteiger partial charge in [-0.1, -0.05) is 34.6 Å². The molecule has 12 unspecified atom stereocenters. The standard InChI is InChI=1S/C19H27PS/c1-3-9-12-13-10-5-4-6-11-14-16-18(12,15(9)20(16)7-8-21)19(13,14)17(10,11)2/h9-16,21H,3-8H2,1-2H3. The molecule has 12 atom stereocenters. The van der Waals surface area contributed by atoms with Crippen molar-refractivity contribution in [3.8, 4) is 0 Å². The molecule has 0 bridgehead atoms. The Morgan fingerprint density at radius 1 is 1.10 bits per heavy atom. The van der Waals surface area contributed by atoms with Crippen molar-refractivity contribution in [2.45, 2.75) is 50.8 Å². The molecule has 0 aromatic carbocycles. The first-order chi connectivity index (χ1) is 10.2. The zero-order valence-electron chi connectivity index (χ0n) is 13.3. The van der Waals surface area contributed by atoms with Gasteiger partial charge in [-0.25, -0.2) is 0 Å². The fourth-order valence-electron chi connectivity index (χ4n) is 11.3. The van der Waals surface area contributed by atoms with Crippen LogP contribution in [0.15, 0.2) is 0 Å². The first kappa shape index (κ1) is 12.2. The van der Waals surface area contributed by atoms with Gasteiger partial charge in [0.05, 0.1) is 0 Å². The monoisotopic (exact) mass is 318 g/mol. The average molecular weight is 318 g/mol. The van der Waals surface area contributed by atoms with Gasteiger partial charge in [0.15, 0.2) is 0 Å². The summed E-state index contributed by atoms with van der Waals surface area (Å²) in [6.07, 6.45) is 7.79. The molecule has 6 saturated carbocycles. The van der Waals surface area contributed by atoms with Crippen LogP contribution in [-0.4, -0.2) is 23.2 Å². The fourth-order valence-corrected chi connectivity index (χ4v) is 16.8. The molecule has 0 nitrogen and oxygen atoms in total. The lowest BCUT2D eigenvalue weighted by Gasteiger charge is -3.14. The second kappa shape index (κ2) is 3.03. The maximum absolute atomic E-state index is 4.62. The molecule has 0 N–H and O–H groups in total. The normalized spacial score (nSPS) is 79.3. The zero-order chi connectivity index (χ0) is 13.9. The molecular formula is C19H27PS. The van der Waals surface area contributed by atoms with Crippen molar-refractivity contribution in [1.29, 1.82) is 0 Å². The summed E-state index contributed by atoms with van der Waals surface area (Å²) in [5.74, 6) is 8.38. The van der Waals surface area contributed by atoms with Crippen LogP contribution in [0.5, 0.6) is 0 Å². The molecule has 2 heteroatoms. The fraction of sp³-hybridized carbons (Fsp3) is 1.00. The topological polar surface area (TPSA) is 0 Å². The van der Waals surface area contributed by atoms with E-state index in [0.717, 1.165) is 22.2 Å². The quantitative estimate of drug-likeness (QED) is 0.575. The Kier molecular flexibility index (Phi) is 1.76. The van der Waals surface area contributed by atoms with Crippen molar-refractivity contribution in [1.82, 2.24) is 0 Å². The van der Waals surface area contributed by atoms with Gasteiger partial charge < -0.3 is 0 Å². The molecule has 114 valence electrons. The van der Waals surface area contributed by atoms with Crippen LogP contribution in [0, 0.1) is 51.8 Å². The van der Waals surface area contributed by atoms with Gasteiger partial charge in [0, 0.05) is 0 Å². The Morgan fingerprint density at radius 2 is 1.86 bits per heavy atom. The Hall–Kier alpha value is 0.780. The largest absolute Gasteiger partial charge is 0.179 e. The van der Waals surface area contributed by atoms with Crippen molar-refractivity contribution >= 4 is 20.6 Å². The number of rotatable bonds is 3. The summed E-state index contributed by atoms with van der Waals surface area (Å²) in [6, 6.07) is 0. The van der Waals surface area contributed by atoms with Crippen LogP contribution in [0.2, 0.25) is 0 Å². The summed E-state index contributed by atoms with van der Waals surface area (Å²) in [4.78, 5) is 0. The third kappa shape index (κ3) is 0.680. The smallest absolute Gasteiger partial charge is 0.00546 e. The van der Waals surface area contributed by atoms with E-state index < -0.39 is 0 Å². The molecule has 0 aromatic rings. The molecule has 7 aliphatic rings. The van der Waals surface area contributed by atoms with Crippen LogP contribution in [0.3, 0.4) is 0 Å². The first-order valence-corrected chi connectivity index (χ1v) is 11.9. The summed E-state index contributed by atoms with van der Waals surface area (Å²) in [5, 5.41) is 0. The maximum atomic E-state index is 4.62. The first-order valence-electron chi connectivity index (χ1n) is 9.60. The minimum Gasteiger partial charge on any atom is -0.179 e. The minimum atomic E-state index is 0.384.